The molecule has 0 spiro atoms. The first-order valence-corrected chi connectivity index (χ1v) is 6.14. The highest BCUT2D eigenvalue weighted by Crippen LogP contribution is 2.23. The Morgan fingerprint density at radius 3 is 3.00 bits per heavy atom. The summed E-state index contributed by atoms with van der Waals surface area (Å²) in [5.74, 6) is -0.247. The van der Waals surface area contributed by atoms with Crippen molar-refractivity contribution in [2.45, 2.75) is 19.0 Å². The summed E-state index contributed by atoms with van der Waals surface area (Å²) in [6, 6.07) is 4.97. The molecule has 1 aromatic carbocycles. The Kier molecular flexibility index (Phi) is 4.15. The summed E-state index contributed by atoms with van der Waals surface area (Å²) in [4.78, 5) is 2.16. The molecule has 1 unspecified atom stereocenters. The Balaban J connectivity index is 2.17. The average molecular weight is 255 g/mol. The minimum absolute atomic E-state index is 0.180. The van der Waals surface area contributed by atoms with Crippen LogP contribution in [-0.2, 0) is 6.54 Å². The number of hydrogen-bond donors (Lipinski definition) is 1. The highest BCUT2D eigenvalue weighted by Gasteiger charge is 2.19. The molecule has 0 amide bonds. The van der Waals surface area contributed by atoms with Crippen molar-refractivity contribution in [3.63, 3.8) is 0 Å². The van der Waals surface area contributed by atoms with E-state index < -0.39 is 0 Å². The first kappa shape index (κ1) is 12.6. The third-order valence-corrected chi connectivity index (χ3v) is 3.43. The maximum Gasteiger partial charge on any atom is 0.129 e. The lowest BCUT2D eigenvalue weighted by Gasteiger charge is -2.31. The Morgan fingerprint density at radius 1 is 1.47 bits per heavy atom. The molecule has 2 N–H and O–H groups in total. The fourth-order valence-corrected chi connectivity index (χ4v) is 2.31. The van der Waals surface area contributed by atoms with E-state index in [9.17, 15) is 4.39 Å². The summed E-state index contributed by atoms with van der Waals surface area (Å²) in [5.41, 5.74) is 6.26. The van der Waals surface area contributed by atoms with Gasteiger partial charge in [-0.25, -0.2) is 4.39 Å². The van der Waals surface area contributed by atoms with Gasteiger partial charge in [0, 0.05) is 36.3 Å². The molecular weight excluding hydrogens is 239 g/mol. The molecule has 0 saturated carbocycles. The van der Waals surface area contributed by atoms with Crippen LogP contribution in [0.15, 0.2) is 30.4 Å². The number of hydrogen-bond acceptors (Lipinski definition) is 2. The van der Waals surface area contributed by atoms with Crippen molar-refractivity contribution in [3.05, 3.63) is 46.8 Å². The quantitative estimate of drug-likeness (QED) is 0.840. The maximum absolute atomic E-state index is 13.7. The van der Waals surface area contributed by atoms with Crippen LogP contribution in [0.3, 0.4) is 0 Å². The summed E-state index contributed by atoms with van der Waals surface area (Å²) in [7, 11) is 0. The Morgan fingerprint density at radius 2 is 2.29 bits per heavy atom. The van der Waals surface area contributed by atoms with E-state index in [4.69, 9.17) is 17.3 Å². The molecule has 0 aromatic heterocycles. The third kappa shape index (κ3) is 2.86. The summed E-state index contributed by atoms with van der Waals surface area (Å²) in [6.45, 7) is 1.95. The van der Waals surface area contributed by atoms with Crippen LogP contribution in [0.25, 0.3) is 0 Å². The predicted octanol–water partition coefficient (Wildman–Crippen LogP) is 2.57. The summed E-state index contributed by atoms with van der Waals surface area (Å²) >= 11 is 6.02. The molecule has 17 heavy (non-hydrogen) atoms. The highest BCUT2D eigenvalue weighted by atomic mass is 35.5. The van der Waals surface area contributed by atoms with Gasteiger partial charge in [-0.3, -0.25) is 4.90 Å². The molecule has 0 saturated heterocycles. The molecule has 2 rings (SSSR count). The first-order valence-electron chi connectivity index (χ1n) is 5.76. The zero-order valence-electron chi connectivity index (χ0n) is 9.57. The molecule has 0 aliphatic carbocycles. The van der Waals surface area contributed by atoms with E-state index >= 15 is 0 Å². The van der Waals surface area contributed by atoms with Gasteiger partial charge in [0.1, 0.15) is 5.82 Å². The van der Waals surface area contributed by atoms with Gasteiger partial charge in [-0.05, 0) is 18.6 Å². The molecular formula is C13H16ClFN2. The van der Waals surface area contributed by atoms with Crippen LogP contribution in [0.1, 0.15) is 12.0 Å². The van der Waals surface area contributed by atoms with E-state index in [0.29, 0.717) is 23.7 Å². The fraction of sp³-hybridized carbons (Fsp3) is 0.385. The SMILES string of the molecule is NCC1C=CCCN1Cc1c(F)cccc1Cl. The normalized spacial score (nSPS) is 20.8. The van der Waals surface area contributed by atoms with Gasteiger partial charge >= 0.3 is 0 Å². The molecule has 1 heterocycles. The van der Waals surface area contributed by atoms with Crippen molar-refractivity contribution in [1.82, 2.24) is 4.90 Å². The van der Waals surface area contributed by atoms with Gasteiger partial charge in [-0.15, -0.1) is 0 Å². The van der Waals surface area contributed by atoms with Gasteiger partial charge in [0.25, 0.3) is 0 Å². The fourth-order valence-electron chi connectivity index (χ4n) is 2.09. The number of nitrogens with two attached hydrogens (primary N) is 1. The summed E-state index contributed by atoms with van der Waals surface area (Å²) < 4.78 is 13.7. The second-order valence-electron chi connectivity index (χ2n) is 4.19. The van der Waals surface area contributed by atoms with Gasteiger partial charge in [-0.1, -0.05) is 29.8 Å². The average Bonchev–Trinajstić information content (AvgIpc) is 2.34. The van der Waals surface area contributed by atoms with Crippen molar-refractivity contribution in [2.75, 3.05) is 13.1 Å². The minimum Gasteiger partial charge on any atom is -0.329 e. The molecule has 0 radical (unpaired) electrons. The Hall–Kier alpha value is -0.900. The van der Waals surface area contributed by atoms with E-state index in [1.807, 2.05) is 0 Å². The number of rotatable bonds is 3. The molecule has 1 aliphatic heterocycles. The topological polar surface area (TPSA) is 29.3 Å². The van der Waals surface area contributed by atoms with Crippen molar-refractivity contribution in [2.24, 2.45) is 5.73 Å². The monoisotopic (exact) mass is 254 g/mol. The van der Waals surface area contributed by atoms with Gasteiger partial charge in [-0.2, -0.15) is 0 Å². The van der Waals surface area contributed by atoms with Crippen LogP contribution in [0.4, 0.5) is 4.39 Å². The van der Waals surface area contributed by atoms with Crippen molar-refractivity contribution < 1.29 is 4.39 Å². The summed E-state index contributed by atoms with van der Waals surface area (Å²) in [5, 5.41) is 0.482. The molecule has 0 fully saturated rings. The lowest BCUT2D eigenvalue weighted by Crippen LogP contribution is -2.41. The van der Waals surface area contributed by atoms with Crippen molar-refractivity contribution >= 4 is 11.6 Å². The van der Waals surface area contributed by atoms with Gasteiger partial charge < -0.3 is 5.73 Å². The Bertz CT molecular complexity index is 400. The van der Waals surface area contributed by atoms with Crippen molar-refractivity contribution in [1.29, 1.82) is 0 Å². The minimum atomic E-state index is -0.247. The molecule has 1 aromatic rings. The third-order valence-electron chi connectivity index (χ3n) is 3.07. The van der Waals surface area contributed by atoms with E-state index in [1.54, 1.807) is 12.1 Å². The lowest BCUT2D eigenvalue weighted by atomic mass is 10.1. The first-order chi connectivity index (χ1) is 8.22. The largest absolute Gasteiger partial charge is 0.329 e. The van der Waals surface area contributed by atoms with Crippen LogP contribution in [0, 0.1) is 5.82 Å². The second kappa shape index (κ2) is 5.63. The molecule has 92 valence electrons. The molecule has 4 heteroatoms. The maximum atomic E-state index is 13.7. The number of halogens is 2. The van der Waals surface area contributed by atoms with Crippen LogP contribution in [0.5, 0.6) is 0 Å². The van der Waals surface area contributed by atoms with Crippen LogP contribution >= 0.6 is 11.6 Å². The molecule has 2 nitrogen and oxygen atoms in total. The summed E-state index contributed by atoms with van der Waals surface area (Å²) in [6.07, 6.45) is 5.18. The predicted molar refractivity (Wildman–Crippen MR) is 68.4 cm³/mol. The molecule has 0 bridgehead atoms. The lowest BCUT2D eigenvalue weighted by molar-refractivity contribution is 0.216. The van der Waals surface area contributed by atoms with Gasteiger partial charge in [0.05, 0.1) is 0 Å². The van der Waals surface area contributed by atoms with E-state index in [0.717, 1.165) is 13.0 Å². The van der Waals surface area contributed by atoms with Crippen LogP contribution < -0.4 is 5.73 Å². The van der Waals surface area contributed by atoms with Crippen molar-refractivity contribution in [3.8, 4) is 0 Å². The smallest absolute Gasteiger partial charge is 0.129 e. The Labute approximate surface area is 106 Å². The highest BCUT2D eigenvalue weighted by molar-refractivity contribution is 6.31. The van der Waals surface area contributed by atoms with Crippen LogP contribution in [0.2, 0.25) is 5.02 Å². The molecule has 1 atom stereocenters. The zero-order chi connectivity index (χ0) is 12.3. The van der Waals surface area contributed by atoms with E-state index in [-0.39, 0.29) is 11.9 Å². The zero-order valence-corrected chi connectivity index (χ0v) is 10.3. The van der Waals surface area contributed by atoms with Crippen LogP contribution in [-0.4, -0.2) is 24.0 Å². The standard InChI is InChI=1S/C13H16ClFN2/c14-12-5-3-6-13(15)11(12)9-17-7-2-1-4-10(17)8-16/h1,3-6,10H,2,7-9,16H2. The van der Waals surface area contributed by atoms with E-state index in [1.165, 1.54) is 6.07 Å². The second-order valence-corrected chi connectivity index (χ2v) is 4.60. The van der Waals surface area contributed by atoms with E-state index in [2.05, 4.69) is 17.1 Å². The number of benzene rings is 1. The molecule has 1 aliphatic rings. The van der Waals surface area contributed by atoms with Gasteiger partial charge in [0.15, 0.2) is 0 Å². The van der Waals surface area contributed by atoms with Gasteiger partial charge in [0.2, 0.25) is 0 Å². The number of nitrogens with zero attached hydrogens (tertiary/aromatic N) is 1.